The number of piperidine rings is 1. The van der Waals surface area contributed by atoms with Gasteiger partial charge in [-0.15, -0.1) is 0 Å². The maximum absolute atomic E-state index is 12.8. The number of esters is 1. The molecule has 0 spiro atoms. The van der Waals surface area contributed by atoms with Gasteiger partial charge in [0, 0.05) is 36.7 Å². The lowest BCUT2D eigenvalue weighted by Crippen LogP contribution is -2.47. The van der Waals surface area contributed by atoms with Crippen LogP contribution in [0.4, 0.5) is 4.79 Å². The number of amides is 1. The second-order valence-electron chi connectivity index (χ2n) is 10.6. The Labute approximate surface area is 235 Å². The van der Waals surface area contributed by atoms with Crippen LogP contribution in [0.25, 0.3) is 10.9 Å². The number of ether oxygens (including phenoxy) is 2. The fraction of sp³-hybridized carbons (Fsp3) is 0.333. The van der Waals surface area contributed by atoms with Crippen LogP contribution in [0.5, 0.6) is 0 Å². The molecule has 0 saturated carbocycles. The fourth-order valence-corrected chi connectivity index (χ4v) is 5.41. The van der Waals surface area contributed by atoms with E-state index in [0.717, 1.165) is 55.4 Å². The largest absolute Gasteiger partial charge is 0.462 e. The highest BCUT2D eigenvalue weighted by Crippen LogP contribution is 2.23. The summed E-state index contributed by atoms with van der Waals surface area (Å²) in [5, 5.41) is 4.02. The van der Waals surface area contributed by atoms with Crippen LogP contribution in [0.15, 0.2) is 91.1 Å². The molecule has 2 heterocycles. The normalized spacial score (nSPS) is 15.0. The number of carbonyl (C=O) groups is 2. The first kappa shape index (κ1) is 27.5. The molecule has 3 aromatic carbocycles. The number of rotatable bonds is 10. The van der Waals surface area contributed by atoms with Crippen LogP contribution in [0, 0.1) is 5.92 Å². The number of aryl methyl sites for hydroxylation is 1. The minimum Gasteiger partial charge on any atom is -0.462 e. The molecular weight excluding hydrogens is 502 g/mol. The monoisotopic (exact) mass is 539 g/mol. The summed E-state index contributed by atoms with van der Waals surface area (Å²) in [6, 6.07) is 27.7. The first-order valence-corrected chi connectivity index (χ1v) is 14.0. The van der Waals surface area contributed by atoms with E-state index in [0.29, 0.717) is 18.1 Å². The first-order valence-electron chi connectivity index (χ1n) is 14.0. The second kappa shape index (κ2) is 13.3. The highest BCUT2D eigenvalue weighted by molar-refractivity contribution is 6.04. The zero-order chi connectivity index (χ0) is 27.7. The molecule has 0 aliphatic carbocycles. The maximum atomic E-state index is 12.8. The highest BCUT2D eigenvalue weighted by Gasteiger charge is 2.25. The Balaban J connectivity index is 1.11. The molecule has 7 nitrogen and oxygen atoms in total. The highest BCUT2D eigenvalue weighted by atomic mass is 16.5. The van der Waals surface area contributed by atoms with Gasteiger partial charge in [0.25, 0.3) is 0 Å². The van der Waals surface area contributed by atoms with Gasteiger partial charge in [-0.1, -0.05) is 78.9 Å². The third-order valence-electron chi connectivity index (χ3n) is 7.61. The predicted molar refractivity (Wildman–Crippen MR) is 156 cm³/mol. The van der Waals surface area contributed by atoms with E-state index in [4.69, 9.17) is 9.47 Å². The van der Waals surface area contributed by atoms with Crippen molar-refractivity contribution in [1.29, 1.82) is 0 Å². The van der Waals surface area contributed by atoms with E-state index in [9.17, 15) is 9.59 Å². The van der Waals surface area contributed by atoms with E-state index in [-0.39, 0.29) is 18.6 Å². The molecule has 1 aliphatic rings. The van der Waals surface area contributed by atoms with Gasteiger partial charge < -0.3 is 24.3 Å². The quantitative estimate of drug-likeness (QED) is 0.266. The smallest absolute Gasteiger partial charge is 0.407 e. The van der Waals surface area contributed by atoms with Crippen molar-refractivity contribution in [2.75, 3.05) is 26.2 Å². The Kier molecular flexibility index (Phi) is 9.14. The third kappa shape index (κ3) is 7.30. The van der Waals surface area contributed by atoms with Gasteiger partial charge in [-0.2, -0.15) is 0 Å². The Bertz CT molecular complexity index is 1400. The minimum absolute atomic E-state index is 0.0774. The maximum Gasteiger partial charge on any atom is 0.407 e. The van der Waals surface area contributed by atoms with Crippen molar-refractivity contribution in [2.24, 2.45) is 13.0 Å². The Hall–Kier alpha value is -4.10. The number of aromatic nitrogens is 1. The van der Waals surface area contributed by atoms with E-state index in [2.05, 4.69) is 22.3 Å². The zero-order valence-corrected chi connectivity index (χ0v) is 23.0. The van der Waals surface area contributed by atoms with Crippen LogP contribution in [0.1, 0.15) is 34.3 Å². The Morgan fingerprint density at radius 1 is 0.875 bits per heavy atom. The summed E-state index contributed by atoms with van der Waals surface area (Å²) in [6.45, 7) is 3.18. The molecule has 1 saturated heterocycles. The lowest BCUT2D eigenvalue weighted by Gasteiger charge is -2.34. The number of carbonyl (C=O) groups excluding carboxylic acids is 2. The van der Waals surface area contributed by atoms with Crippen molar-refractivity contribution in [3.63, 3.8) is 0 Å². The number of alkyl carbamates (subject to hydrolysis) is 1. The van der Waals surface area contributed by atoms with E-state index < -0.39 is 6.09 Å². The topological polar surface area (TPSA) is 72.8 Å². The average Bonchev–Trinajstić information content (AvgIpc) is 3.33. The molecule has 4 aromatic rings. The van der Waals surface area contributed by atoms with Crippen molar-refractivity contribution < 1.29 is 19.1 Å². The average molecular weight is 540 g/mol. The van der Waals surface area contributed by atoms with E-state index in [1.165, 1.54) is 5.56 Å². The number of nitrogens with one attached hydrogen (secondary N) is 1. The SMILES string of the molecule is Cn1cc(C(=O)OCC2CCN(C[C@H](Cc3ccccc3)NC(=O)OCc3ccccc3)CC2)c2ccccc21. The Morgan fingerprint density at radius 2 is 1.52 bits per heavy atom. The number of fused-ring (bicyclic) bond motifs is 1. The molecule has 0 radical (unpaired) electrons. The van der Waals surface area contributed by atoms with Crippen molar-refractivity contribution in [2.45, 2.75) is 31.9 Å². The lowest BCUT2D eigenvalue weighted by molar-refractivity contribution is 0.0370. The van der Waals surface area contributed by atoms with Crippen LogP contribution in [0.2, 0.25) is 0 Å². The number of benzene rings is 3. The summed E-state index contributed by atoms with van der Waals surface area (Å²) in [5.41, 5.74) is 3.77. The van der Waals surface area contributed by atoms with Gasteiger partial charge in [-0.25, -0.2) is 9.59 Å². The van der Waals surface area contributed by atoms with Crippen LogP contribution in [0.3, 0.4) is 0 Å². The molecule has 7 heteroatoms. The van der Waals surface area contributed by atoms with Crippen molar-refractivity contribution >= 4 is 23.0 Å². The zero-order valence-electron chi connectivity index (χ0n) is 23.0. The van der Waals surface area contributed by atoms with Gasteiger partial charge in [0.15, 0.2) is 0 Å². The number of likely N-dealkylation sites (tertiary alicyclic amines) is 1. The molecule has 40 heavy (non-hydrogen) atoms. The molecule has 1 fully saturated rings. The fourth-order valence-electron chi connectivity index (χ4n) is 5.41. The minimum atomic E-state index is -0.403. The van der Waals surface area contributed by atoms with Crippen molar-refractivity contribution in [3.05, 3.63) is 108 Å². The molecular formula is C33H37N3O4. The number of hydrogen-bond donors (Lipinski definition) is 1. The summed E-state index contributed by atoms with van der Waals surface area (Å²) in [7, 11) is 1.94. The first-order chi connectivity index (χ1) is 19.5. The van der Waals surface area contributed by atoms with Crippen molar-refractivity contribution in [3.8, 4) is 0 Å². The molecule has 5 rings (SSSR count). The number of hydrogen-bond acceptors (Lipinski definition) is 5. The molecule has 1 atom stereocenters. The van der Waals surface area contributed by atoms with Crippen LogP contribution < -0.4 is 5.32 Å². The van der Waals surface area contributed by atoms with Gasteiger partial charge in [0.05, 0.1) is 12.2 Å². The molecule has 1 aliphatic heterocycles. The molecule has 1 N–H and O–H groups in total. The summed E-state index contributed by atoms with van der Waals surface area (Å²) in [4.78, 5) is 27.9. The summed E-state index contributed by atoms with van der Waals surface area (Å²) >= 11 is 0. The van der Waals surface area contributed by atoms with Gasteiger partial charge in [-0.05, 0) is 55.5 Å². The molecule has 0 unspecified atom stereocenters. The lowest BCUT2D eigenvalue weighted by atomic mass is 9.96. The number of para-hydroxylation sites is 1. The molecule has 0 bridgehead atoms. The predicted octanol–water partition coefficient (Wildman–Crippen LogP) is 5.58. The van der Waals surface area contributed by atoms with Gasteiger partial charge in [0.1, 0.15) is 6.61 Å². The summed E-state index contributed by atoms with van der Waals surface area (Å²) < 4.78 is 13.2. The summed E-state index contributed by atoms with van der Waals surface area (Å²) in [6.07, 6.45) is 4.06. The molecule has 208 valence electrons. The standard InChI is InChI=1S/C33H37N3O4/c1-35-22-30(29-14-8-9-15-31(29)35)32(37)39-23-27-16-18-36(19-17-27)21-28(20-25-10-4-2-5-11-25)34-33(38)40-24-26-12-6-3-7-13-26/h2-15,22,27-28H,16-21,23-24H2,1H3,(H,34,38)/t28-/m0/s1. The second-order valence-corrected chi connectivity index (χ2v) is 10.6. The Morgan fingerprint density at radius 3 is 2.25 bits per heavy atom. The van der Waals surface area contributed by atoms with E-state index in [1.54, 1.807) is 0 Å². The van der Waals surface area contributed by atoms with Gasteiger partial charge >= 0.3 is 12.1 Å². The van der Waals surface area contributed by atoms with Gasteiger partial charge in [0.2, 0.25) is 0 Å². The summed E-state index contributed by atoms with van der Waals surface area (Å²) in [5.74, 6) is 0.0620. The van der Waals surface area contributed by atoms with Gasteiger partial charge in [-0.3, -0.25) is 0 Å². The molecule has 1 amide bonds. The van der Waals surface area contributed by atoms with Crippen LogP contribution in [-0.2, 0) is 29.5 Å². The van der Waals surface area contributed by atoms with E-state index >= 15 is 0 Å². The van der Waals surface area contributed by atoms with E-state index in [1.807, 2.05) is 90.6 Å². The van der Waals surface area contributed by atoms with Crippen LogP contribution >= 0.6 is 0 Å². The number of nitrogens with zero attached hydrogens (tertiary/aromatic N) is 2. The van der Waals surface area contributed by atoms with Crippen LogP contribution in [-0.4, -0.2) is 53.8 Å². The third-order valence-corrected chi connectivity index (χ3v) is 7.61. The van der Waals surface area contributed by atoms with Crippen molar-refractivity contribution in [1.82, 2.24) is 14.8 Å². The molecule has 1 aromatic heterocycles.